The van der Waals surface area contributed by atoms with Gasteiger partial charge in [0.1, 0.15) is 44.2 Å². The van der Waals surface area contributed by atoms with E-state index in [1.165, 1.54) is 0 Å². The van der Waals surface area contributed by atoms with E-state index >= 15 is 0 Å². The lowest BCUT2D eigenvalue weighted by molar-refractivity contribution is -0.392. The zero-order valence-electron chi connectivity index (χ0n) is 38.3. The first kappa shape index (κ1) is 55.3. The van der Waals surface area contributed by atoms with Gasteiger partial charge in [-0.1, -0.05) is 0 Å². The molecule has 0 N–H and O–H groups in total. The van der Waals surface area contributed by atoms with Gasteiger partial charge in [0, 0.05) is 76.2 Å². The van der Waals surface area contributed by atoms with Crippen molar-refractivity contribution < 1.29 is 129 Å². The lowest BCUT2D eigenvalue weighted by Gasteiger charge is -2.50. The van der Waals surface area contributed by atoms with Crippen LogP contribution in [-0.2, 0) is 129 Å². The number of carbonyl (C=O) groups excluding carboxylic acids is 11. The maximum atomic E-state index is 12.9. The second-order valence-corrected chi connectivity index (χ2v) is 14.9. The van der Waals surface area contributed by atoms with E-state index in [1.807, 2.05) is 0 Å². The maximum absolute atomic E-state index is 12.9. The summed E-state index contributed by atoms with van der Waals surface area (Å²) in [6, 6.07) is 0. The van der Waals surface area contributed by atoms with Crippen LogP contribution in [0.25, 0.3) is 0 Å². The maximum Gasteiger partial charge on any atom is 0.303 e. The van der Waals surface area contributed by atoms with Gasteiger partial charge in [0.25, 0.3) is 0 Å². The van der Waals surface area contributed by atoms with Crippen LogP contribution in [0, 0.1) is 0 Å². The first-order valence-electron chi connectivity index (χ1n) is 20.3. The van der Waals surface area contributed by atoms with Gasteiger partial charge in [0.2, 0.25) is 12.6 Å². The van der Waals surface area contributed by atoms with Crippen LogP contribution < -0.4 is 0 Å². The normalized spacial score (nSPS) is 31.2. The van der Waals surface area contributed by atoms with Gasteiger partial charge in [-0.25, -0.2) is 0 Å². The van der Waals surface area contributed by atoms with Gasteiger partial charge >= 0.3 is 65.7 Å². The summed E-state index contributed by atoms with van der Waals surface area (Å²) in [4.78, 5) is 137. The molecule has 15 atom stereocenters. The Morgan fingerprint density at radius 3 is 0.731 bits per heavy atom. The minimum Gasteiger partial charge on any atom is -0.463 e. The third-order valence-electron chi connectivity index (χ3n) is 9.10. The molecule has 0 aromatic heterocycles. The van der Waals surface area contributed by atoms with Gasteiger partial charge in [-0.2, -0.15) is 0 Å². The fourth-order valence-corrected chi connectivity index (χ4v) is 7.01. The topological polar surface area (TPSA) is 335 Å². The van der Waals surface area contributed by atoms with E-state index in [4.69, 9.17) is 75.8 Å². The predicted molar refractivity (Wildman–Crippen MR) is 206 cm³/mol. The highest BCUT2D eigenvalue weighted by atomic mass is 16.8. The molecule has 3 aliphatic heterocycles. The molecule has 67 heavy (non-hydrogen) atoms. The second-order valence-electron chi connectivity index (χ2n) is 14.9. The van der Waals surface area contributed by atoms with Gasteiger partial charge in [0.05, 0.1) is 0 Å². The zero-order chi connectivity index (χ0) is 50.4. The molecular formula is C40H54O27. The average Bonchev–Trinajstić information content (AvgIpc) is 3.17. The minimum absolute atomic E-state index is 0.687. The van der Waals surface area contributed by atoms with Crippen molar-refractivity contribution in [1.29, 1.82) is 0 Å². The molecule has 3 aliphatic rings. The molecule has 3 heterocycles. The number of rotatable bonds is 18. The number of carbonyl (C=O) groups is 11. The van der Waals surface area contributed by atoms with E-state index in [9.17, 15) is 52.7 Å². The van der Waals surface area contributed by atoms with Crippen molar-refractivity contribution >= 4 is 65.7 Å². The quantitative estimate of drug-likeness (QED) is 0.114. The molecular weight excluding hydrogens is 912 g/mol. The molecule has 0 unspecified atom stereocenters. The van der Waals surface area contributed by atoms with Crippen LogP contribution in [-0.4, -0.2) is 178 Å². The molecule has 0 aromatic carbocycles. The van der Waals surface area contributed by atoms with Crippen molar-refractivity contribution in [2.75, 3.05) is 19.8 Å². The van der Waals surface area contributed by atoms with Crippen LogP contribution in [0.3, 0.4) is 0 Å². The van der Waals surface area contributed by atoms with Gasteiger partial charge < -0.3 is 75.8 Å². The van der Waals surface area contributed by atoms with Crippen molar-refractivity contribution in [2.45, 2.75) is 168 Å². The summed E-state index contributed by atoms with van der Waals surface area (Å²) in [5.41, 5.74) is 0. The lowest BCUT2D eigenvalue weighted by Crippen LogP contribution is -2.68. The summed E-state index contributed by atoms with van der Waals surface area (Å²) < 4.78 is 90.4. The van der Waals surface area contributed by atoms with Crippen LogP contribution in [0.4, 0.5) is 0 Å². The van der Waals surface area contributed by atoms with E-state index in [0.717, 1.165) is 76.2 Å². The second kappa shape index (κ2) is 25.2. The largest absolute Gasteiger partial charge is 0.463 e. The number of hydrogen-bond acceptors (Lipinski definition) is 27. The van der Waals surface area contributed by atoms with Crippen molar-refractivity contribution in [1.82, 2.24) is 0 Å². The van der Waals surface area contributed by atoms with E-state index in [-0.39, 0.29) is 0 Å². The first-order chi connectivity index (χ1) is 31.3. The Hall–Kier alpha value is -6.03. The third kappa shape index (κ3) is 17.0. The summed E-state index contributed by atoms with van der Waals surface area (Å²) in [5, 5.41) is 0. The fourth-order valence-electron chi connectivity index (χ4n) is 7.01. The molecule has 0 aliphatic carbocycles. The van der Waals surface area contributed by atoms with Crippen molar-refractivity contribution in [3.05, 3.63) is 0 Å². The van der Waals surface area contributed by atoms with Gasteiger partial charge in [-0.3, -0.25) is 52.7 Å². The average molecular weight is 967 g/mol. The predicted octanol–water partition coefficient (Wildman–Crippen LogP) is -1.29. The van der Waals surface area contributed by atoms with E-state index in [2.05, 4.69) is 0 Å². The first-order valence-corrected chi connectivity index (χ1v) is 20.3. The van der Waals surface area contributed by atoms with Crippen molar-refractivity contribution in [3.63, 3.8) is 0 Å². The molecule has 27 heteroatoms. The number of hydrogen-bond donors (Lipinski definition) is 0. The van der Waals surface area contributed by atoms with Crippen molar-refractivity contribution in [3.8, 4) is 0 Å². The monoisotopic (exact) mass is 966 g/mol. The highest BCUT2D eigenvalue weighted by Crippen LogP contribution is 2.38. The summed E-state index contributed by atoms with van der Waals surface area (Å²) >= 11 is 0. The van der Waals surface area contributed by atoms with Crippen LogP contribution >= 0.6 is 0 Å². The molecule has 3 fully saturated rings. The van der Waals surface area contributed by atoms with Crippen LogP contribution in [0.5, 0.6) is 0 Å². The summed E-state index contributed by atoms with van der Waals surface area (Å²) in [6.07, 6.45) is -27.3. The van der Waals surface area contributed by atoms with E-state index < -0.39 is 178 Å². The van der Waals surface area contributed by atoms with Crippen LogP contribution in [0.15, 0.2) is 0 Å². The summed E-state index contributed by atoms with van der Waals surface area (Å²) in [5.74, 6) is -10.6. The molecule has 376 valence electrons. The van der Waals surface area contributed by atoms with Gasteiger partial charge in [0.15, 0.2) is 55.1 Å². The van der Waals surface area contributed by atoms with Gasteiger partial charge in [-0.15, -0.1) is 0 Å². The minimum atomic E-state index is -2.07. The van der Waals surface area contributed by atoms with E-state index in [1.54, 1.807) is 0 Å². The SMILES string of the molecule is CC(=O)OC[C@H]1O[C@@H](O[C@H]2[C@H](OC(C)=O)[C@@H](OC(C)=O)[C@@H](O[C@H]3O[C@H](COC(C)=O)[C@@H](OC(C)=O)[C@H](OC(C)=O)[C@H]3OC(C)=O)O[C@@H]2COC(C)=O)[C@H](OC(C)=O)[C@@H](OC(C)=O)[C@@H]1OC(C)=O. The van der Waals surface area contributed by atoms with Gasteiger partial charge in [-0.05, 0) is 0 Å². The lowest BCUT2D eigenvalue weighted by atomic mass is 9.95. The molecule has 0 aromatic rings. The number of ether oxygens (including phenoxy) is 16. The standard InChI is InChI=1S/C40H54O27/c1-15(41)52-12-26-29(55-18(4)44)32(57-20(6)46)35(60-23(9)49)38(63-26)66-31-28(14-54-17(3)43)65-40(37(62-25(11)51)34(31)59-22(8)48)67-39-36(61-24(10)50)33(58-21(7)47)30(56-19(5)45)27(64-39)13-53-16(2)42/h26-40H,12-14H2,1-11H3/t26-,27-,28-,29-,30-,31-,32+,33+,34+,35-,36-,37-,38+,39-,40-/m1/s1. The molecule has 0 saturated carbocycles. The molecule has 27 nitrogen and oxygen atoms in total. The Labute approximate surface area is 382 Å². The van der Waals surface area contributed by atoms with E-state index in [0.29, 0.717) is 0 Å². The summed E-state index contributed by atoms with van der Waals surface area (Å²) in [7, 11) is 0. The fraction of sp³-hybridized carbons (Fsp3) is 0.725. The molecule has 0 amide bonds. The molecule has 3 rings (SSSR count). The van der Waals surface area contributed by atoms with Crippen LogP contribution in [0.1, 0.15) is 76.2 Å². The summed E-state index contributed by atoms with van der Waals surface area (Å²) in [6.45, 7) is 8.60. The Balaban J connectivity index is 2.28. The Morgan fingerprint density at radius 1 is 0.269 bits per heavy atom. The van der Waals surface area contributed by atoms with Crippen molar-refractivity contribution in [2.24, 2.45) is 0 Å². The molecule has 0 spiro atoms. The number of esters is 11. The van der Waals surface area contributed by atoms with Crippen LogP contribution in [0.2, 0.25) is 0 Å². The Kier molecular flexibility index (Phi) is 20.8. The smallest absolute Gasteiger partial charge is 0.303 e. The molecule has 3 saturated heterocycles. The Bertz CT molecular complexity index is 1850. The molecule has 0 bridgehead atoms. The highest BCUT2D eigenvalue weighted by Gasteiger charge is 2.60. The third-order valence-corrected chi connectivity index (χ3v) is 9.10. The highest BCUT2D eigenvalue weighted by molar-refractivity contribution is 5.70. The zero-order valence-corrected chi connectivity index (χ0v) is 38.3. The molecule has 0 radical (unpaired) electrons. The Morgan fingerprint density at radius 2 is 0.478 bits per heavy atom.